The van der Waals surface area contributed by atoms with Crippen molar-refractivity contribution in [3.05, 3.63) is 59.8 Å². The molecule has 32 heavy (non-hydrogen) atoms. The number of anilines is 2. The SMILES string of the molecule is COCCCN1C(=O)C(Nc2ccc(N3CCCC3)cc2)=C(c2ccc(OC)cc2)C1=O. The highest BCUT2D eigenvalue weighted by molar-refractivity contribution is 6.36. The van der Waals surface area contributed by atoms with Gasteiger partial charge in [0.05, 0.1) is 12.7 Å². The van der Waals surface area contributed by atoms with Gasteiger partial charge in [0.15, 0.2) is 0 Å². The van der Waals surface area contributed by atoms with Crippen LogP contribution in [0.4, 0.5) is 11.4 Å². The number of rotatable bonds is 9. The molecule has 0 unspecified atom stereocenters. The van der Waals surface area contributed by atoms with E-state index in [0.717, 1.165) is 18.8 Å². The Morgan fingerprint density at radius 2 is 1.59 bits per heavy atom. The molecule has 0 atom stereocenters. The minimum atomic E-state index is -0.319. The van der Waals surface area contributed by atoms with E-state index in [1.54, 1.807) is 38.5 Å². The number of carbonyl (C=O) groups is 2. The highest BCUT2D eigenvalue weighted by Gasteiger charge is 2.38. The second kappa shape index (κ2) is 9.87. The van der Waals surface area contributed by atoms with E-state index in [2.05, 4.69) is 22.3 Å². The van der Waals surface area contributed by atoms with Crippen LogP contribution in [0.15, 0.2) is 54.2 Å². The third-order valence-corrected chi connectivity index (χ3v) is 5.88. The van der Waals surface area contributed by atoms with Gasteiger partial charge in [-0.05, 0) is 61.2 Å². The van der Waals surface area contributed by atoms with Gasteiger partial charge in [-0.3, -0.25) is 14.5 Å². The quantitative estimate of drug-likeness (QED) is 0.480. The molecule has 2 amide bonds. The fraction of sp³-hybridized carbons (Fsp3) is 0.360. The molecule has 0 spiro atoms. The van der Waals surface area contributed by atoms with Gasteiger partial charge in [-0.2, -0.15) is 0 Å². The molecule has 0 radical (unpaired) electrons. The molecule has 7 nitrogen and oxygen atoms in total. The summed E-state index contributed by atoms with van der Waals surface area (Å²) < 4.78 is 10.3. The first-order valence-corrected chi connectivity index (χ1v) is 11.0. The topological polar surface area (TPSA) is 71.1 Å². The Labute approximate surface area is 188 Å². The zero-order valence-electron chi connectivity index (χ0n) is 18.6. The normalized spacial score (nSPS) is 16.3. The molecule has 2 aromatic carbocycles. The van der Waals surface area contributed by atoms with Gasteiger partial charge in [0.2, 0.25) is 0 Å². The van der Waals surface area contributed by atoms with E-state index in [4.69, 9.17) is 9.47 Å². The highest BCUT2D eigenvalue weighted by Crippen LogP contribution is 2.32. The van der Waals surface area contributed by atoms with E-state index in [0.29, 0.717) is 42.2 Å². The molecule has 2 heterocycles. The maximum atomic E-state index is 13.2. The van der Waals surface area contributed by atoms with E-state index in [1.807, 2.05) is 12.1 Å². The summed E-state index contributed by atoms with van der Waals surface area (Å²) in [6, 6.07) is 15.2. The molecule has 0 bridgehead atoms. The van der Waals surface area contributed by atoms with Gasteiger partial charge in [0.25, 0.3) is 11.8 Å². The zero-order valence-corrected chi connectivity index (χ0v) is 18.6. The maximum absolute atomic E-state index is 13.2. The molecule has 0 saturated carbocycles. The lowest BCUT2D eigenvalue weighted by atomic mass is 10.0. The van der Waals surface area contributed by atoms with Crippen molar-refractivity contribution >= 4 is 28.8 Å². The van der Waals surface area contributed by atoms with Crippen molar-refractivity contribution in [2.24, 2.45) is 0 Å². The van der Waals surface area contributed by atoms with E-state index >= 15 is 0 Å². The molecule has 2 aromatic rings. The van der Waals surface area contributed by atoms with E-state index < -0.39 is 0 Å². The minimum Gasteiger partial charge on any atom is -0.497 e. The van der Waals surface area contributed by atoms with Crippen LogP contribution in [0.3, 0.4) is 0 Å². The van der Waals surface area contributed by atoms with Gasteiger partial charge >= 0.3 is 0 Å². The van der Waals surface area contributed by atoms with Crippen LogP contribution >= 0.6 is 0 Å². The molecule has 168 valence electrons. The molecule has 7 heteroatoms. The molecular formula is C25H29N3O4. The zero-order chi connectivity index (χ0) is 22.5. The predicted octanol–water partition coefficient (Wildman–Crippen LogP) is 3.52. The predicted molar refractivity (Wildman–Crippen MR) is 125 cm³/mol. The lowest BCUT2D eigenvalue weighted by Gasteiger charge is -2.18. The molecular weight excluding hydrogens is 406 g/mol. The summed E-state index contributed by atoms with van der Waals surface area (Å²) in [5, 5.41) is 3.22. The van der Waals surface area contributed by atoms with Crippen LogP contribution in [-0.2, 0) is 14.3 Å². The molecule has 0 aliphatic carbocycles. The Kier molecular flexibility index (Phi) is 6.75. The number of amides is 2. The number of methoxy groups -OCH3 is 2. The summed E-state index contributed by atoms with van der Waals surface area (Å²) in [5.41, 5.74) is 3.29. The second-order valence-electron chi connectivity index (χ2n) is 7.95. The Balaban J connectivity index is 1.62. The number of hydrogen-bond donors (Lipinski definition) is 1. The molecule has 1 N–H and O–H groups in total. The first kappa shape index (κ1) is 21.9. The van der Waals surface area contributed by atoms with Crippen LogP contribution in [0.5, 0.6) is 5.75 Å². The maximum Gasteiger partial charge on any atom is 0.278 e. The lowest BCUT2D eigenvalue weighted by Crippen LogP contribution is -2.33. The van der Waals surface area contributed by atoms with Gasteiger partial charge in [0.1, 0.15) is 11.4 Å². The van der Waals surface area contributed by atoms with Crippen LogP contribution in [0.25, 0.3) is 5.57 Å². The average Bonchev–Trinajstić information content (AvgIpc) is 3.43. The molecule has 1 fully saturated rings. The Hall–Kier alpha value is -3.32. The van der Waals surface area contributed by atoms with Crippen LogP contribution < -0.4 is 15.0 Å². The van der Waals surface area contributed by atoms with E-state index in [1.165, 1.54) is 23.4 Å². The molecule has 2 aliphatic heterocycles. The summed E-state index contributed by atoms with van der Waals surface area (Å²) in [5.74, 6) is 0.0723. The van der Waals surface area contributed by atoms with Gasteiger partial charge in [-0.1, -0.05) is 12.1 Å². The minimum absolute atomic E-state index is 0.298. The van der Waals surface area contributed by atoms with Crippen LogP contribution in [0.2, 0.25) is 0 Å². The smallest absolute Gasteiger partial charge is 0.278 e. The van der Waals surface area contributed by atoms with Crippen molar-refractivity contribution < 1.29 is 19.1 Å². The van der Waals surface area contributed by atoms with Gasteiger partial charge in [-0.25, -0.2) is 0 Å². The van der Waals surface area contributed by atoms with Crippen molar-refractivity contribution in [1.82, 2.24) is 4.90 Å². The highest BCUT2D eigenvalue weighted by atomic mass is 16.5. The van der Waals surface area contributed by atoms with Crippen molar-refractivity contribution in [3.8, 4) is 5.75 Å². The largest absolute Gasteiger partial charge is 0.497 e. The summed E-state index contributed by atoms with van der Waals surface area (Å²) in [6.07, 6.45) is 3.02. The summed E-state index contributed by atoms with van der Waals surface area (Å²) in [6.45, 7) is 2.94. The number of nitrogens with zero attached hydrogens (tertiary/aromatic N) is 2. The number of hydrogen-bond acceptors (Lipinski definition) is 6. The summed E-state index contributed by atoms with van der Waals surface area (Å²) >= 11 is 0. The van der Waals surface area contributed by atoms with Gasteiger partial charge in [-0.15, -0.1) is 0 Å². The first-order chi connectivity index (χ1) is 15.6. The Morgan fingerprint density at radius 3 is 2.22 bits per heavy atom. The van der Waals surface area contributed by atoms with E-state index in [9.17, 15) is 9.59 Å². The first-order valence-electron chi connectivity index (χ1n) is 11.0. The van der Waals surface area contributed by atoms with Gasteiger partial charge in [0, 0.05) is 44.7 Å². The summed E-state index contributed by atoms with van der Waals surface area (Å²) in [7, 11) is 3.20. The van der Waals surface area contributed by atoms with Crippen molar-refractivity contribution in [2.75, 3.05) is 50.7 Å². The van der Waals surface area contributed by atoms with Gasteiger partial charge < -0.3 is 19.7 Å². The summed E-state index contributed by atoms with van der Waals surface area (Å²) in [4.78, 5) is 30.1. The molecule has 2 aliphatic rings. The van der Waals surface area contributed by atoms with Crippen molar-refractivity contribution in [1.29, 1.82) is 0 Å². The van der Waals surface area contributed by atoms with E-state index in [-0.39, 0.29) is 11.8 Å². The van der Waals surface area contributed by atoms with Crippen molar-refractivity contribution in [2.45, 2.75) is 19.3 Å². The van der Waals surface area contributed by atoms with Crippen LogP contribution in [0.1, 0.15) is 24.8 Å². The number of imide groups is 1. The van der Waals surface area contributed by atoms with Crippen LogP contribution in [0, 0.1) is 0 Å². The number of benzene rings is 2. The number of ether oxygens (including phenoxy) is 2. The third-order valence-electron chi connectivity index (χ3n) is 5.88. The molecule has 0 aromatic heterocycles. The second-order valence-corrected chi connectivity index (χ2v) is 7.95. The number of nitrogens with one attached hydrogen (secondary N) is 1. The van der Waals surface area contributed by atoms with Crippen LogP contribution in [-0.4, -0.2) is 57.2 Å². The Bertz CT molecular complexity index is 993. The average molecular weight is 436 g/mol. The molecule has 4 rings (SSSR count). The lowest BCUT2D eigenvalue weighted by molar-refractivity contribution is -0.136. The standard InChI is InChI=1S/C25H29N3O4/c1-31-17-5-16-28-24(29)22(18-6-12-21(32-2)13-7-18)23(25(28)30)26-19-8-10-20(11-9-19)27-14-3-4-15-27/h6-13,26H,3-5,14-17H2,1-2H3. The molecule has 1 saturated heterocycles. The number of carbonyl (C=O) groups excluding carboxylic acids is 2. The monoisotopic (exact) mass is 435 g/mol. The fourth-order valence-corrected chi connectivity index (χ4v) is 4.16. The fourth-order valence-electron chi connectivity index (χ4n) is 4.16. The third kappa shape index (κ3) is 4.48. The van der Waals surface area contributed by atoms with Crippen molar-refractivity contribution in [3.63, 3.8) is 0 Å². The Morgan fingerprint density at radius 1 is 0.906 bits per heavy atom.